The molecule has 3 unspecified atom stereocenters. The minimum absolute atomic E-state index is 0.552. The van der Waals surface area contributed by atoms with Crippen molar-refractivity contribution in [2.45, 2.75) is 50.6 Å². The van der Waals surface area contributed by atoms with E-state index in [9.17, 15) is 0 Å². The average Bonchev–Trinajstić information content (AvgIpc) is 2.97. The van der Waals surface area contributed by atoms with E-state index in [1.165, 1.54) is 45.1 Å². The first-order chi connectivity index (χ1) is 9.74. The Hall–Kier alpha value is -0.440. The van der Waals surface area contributed by atoms with E-state index in [1.807, 2.05) is 18.2 Å². The Morgan fingerprint density at radius 1 is 1.00 bits per heavy atom. The van der Waals surface area contributed by atoms with Crippen LogP contribution in [0.4, 0.5) is 5.69 Å². The zero-order valence-corrected chi connectivity index (χ0v) is 13.2. The third kappa shape index (κ3) is 3.24. The van der Waals surface area contributed by atoms with Crippen LogP contribution in [0.15, 0.2) is 18.2 Å². The maximum Gasteiger partial charge on any atom is 0.0612 e. The fraction of sp³-hybridized carbons (Fsp3) is 0.625. The summed E-state index contributed by atoms with van der Waals surface area (Å²) in [7, 11) is 0. The van der Waals surface area contributed by atoms with Gasteiger partial charge in [-0.15, -0.1) is 0 Å². The van der Waals surface area contributed by atoms with Crippen molar-refractivity contribution in [1.29, 1.82) is 0 Å². The van der Waals surface area contributed by atoms with Crippen molar-refractivity contribution >= 4 is 28.9 Å². The highest BCUT2D eigenvalue weighted by Gasteiger charge is 2.33. The van der Waals surface area contributed by atoms with E-state index in [0.29, 0.717) is 22.1 Å². The molecule has 2 aliphatic rings. The molecule has 1 aromatic rings. The molecule has 110 valence electrons. The molecule has 0 aromatic heterocycles. The summed E-state index contributed by atoms with van der Waals surface area (Å²) in [6, 6.07) is 7.09. The third-order valence-corrected chi connectivity index (χ3v) is 5.45. The molecule has 1 aliphatic carbocycles. The van der Waals surface area contributed by atoms with Gasteiger partial charge in [0.25, 0.3) is 0 Å². The number of rotatable bonds is 3. The first kappa shape index (κ1) is 14.5. The van der Waals surface area contributed by atoms with Crippen molar-refractivity contribution in [3.63, 3.8) is 0 Å². The van der Waals surface area contributed by atoms with Gasteiger partial charge in [-0.3, -0.25) is 0 Å². The normalized spacial score (nSPS) is 30.4. The van der Waals surface area contributed by atoms with E-state index >= 15 is 0 Å². The Bertz CT molecular complexity index is 458. The van der Waals surface area contributed by atoms with Crippen LogP contribution < -0.4 is 10.6 Å². The summed E-state index contributed by atoms with van der Waals surface area (Å²) >= 11 is 12.1. The van der Waals surface area contributed by atoms with E-state index in [2.05, 4.69) is 10.6 Å². The molecule has 4 heteroatoms. The molecule has 1 aromatic carbocycles. The summed E-state index contributed by atoms with van der Waals surface area (Å²) in [4.78, 5) is 0. The monoisotopic (exact) mass is 312 g/mol. The molecule has 3 atom stereocenters. The van der Waals surface area contributed by atoms with Crippen LogP contribution in [0.1, 0.15) is 38.5 Å². The molecule has 0 bridgehead atoms. The van der Waals surface area contributed by atoms with Crippen LogP contribution in [0.5, 0.6) is 0 Å². The van der Waals surface area contributed by atoms with Crippen LogP contribution >= 0.6 is 23.2 Å². The Labute approximate surface area is 131 Å². The minimum atomic E-state index is 0.552. The van der Waals surface area contributed by atoms with E-state index in [-0.39, 0.29) is 0 Å². The molecule has 1 aliphatic heterocycles. The summed E-state index contributed by atoms with van der Waals surface area (Å²) in [6.45, 7) is 1.18. The third-order valence-electron chi connectivity index (χ3n) is 4.71. The van der Waals surface area contributed by atoms with Crippen LogP contribution in [-0.4, -0.2) is 18.6 Å². The van der Waals surface area contributed by atoms with E-state index in [1.54, 1.807) is 0 Å². The van der Waals surface area contributed by atoms with Gasteiger partial charge in [-0.2, -0.15) is 0 Å². The van der Waals surface area contributed by atoms with Crippen LogP contribution in [-0.2, 0) is 0 Å². The number of anilines is 1. The molecule has 0 amide bonds. The van der Waals surface area contributed by atoms with Crippen LogP contribution in [0, 0.1) is 5.92 Å². The van der Waals surface area contributed by atoms with Gasteiger partial charge in [0.1, 0.15) is 0 Å². The first-order valence-corrected chi connectivity index (χ1v) is 8.44. The Kier molecular flexibility index (Phi) is 4.75. The smallest absolute Gasteiger partial charge is 0.0612 e. The second-order valence-corrected chi connectivity index (χ2v) is 6.85. The van der Waals surface area contributed by atoms with Crippen molar-refractivity contribution < 1.29 is 0 Å². The van der Waals surface area contributed by atoms with Crippen LogP contribution in [0.25, 0.3) is 0 Å². The Morgan fingerprint density at radius 2 is 1.85 bits per heavy atom. The first-order valence-electron chi connectivity index (χ1n) is 7.69. The molecule has 0 radical (unpaired) electrons. The highest BCUT2D eigenvalue weighted by Crippen LogP contribution is 2.33. The van der Waals surface area contributed by atoms with E-state index in [4.69, 9.17) is 23.2 Å². The highest BCUT2D eigenvalue weighted by atomic mass is 35.5. The topological polar surface area (TPSA) is 24.1 Å². The quantitative estimate of drug-likeness (QED) is 0.844. The van der Waals surface area contributed by atoms with Gasteiger partial charge < -0.3 is 10.6 Å². The van der Waals surface area contributed by atoms with Crippen molar-refractivity contribution in [2.24, 2.45) is 5.92 Å². The molecule has 20 heavy (non-hydrogen) atoms. The zero-order chi connectivity index (χ0) is 13.9. The molecule has 3 rings (SSSR count). The minimum Gasteiger partial charge on any atom is -0.382 e. The summed E-state index contributed by atoms with van der Waals surface area (Å²) < 4.78 is 0. The maximum absolute atomic E-state index is 6.11. The van der Waals surface area contributed by atoms with Crippen molar-refractivity contribution in [1.82, 2.24) is 5.32 Å². The number of hydrogen-bond acceptors (Lipinski definition) is 2. The van der Waals surface area contributed by atoms with Gasteiger partial charge >= 0.3 is 0 Å². The van der Waals surface area contributed by atoms with Crippen LogP contribution in [0.2, 0.25) is 10.0 Å². The SMILES string of the molecule is Clc1ccc(NC2CCCCC2C2CCCN2)cc1Cl. The molecule has 1 heterocycles. The number of hydrogen-bond donors (Lipinski definition) is 2. The highest BCUT2D eigenvalue weighted by molar-refractivity contribution is 6.42. The van der Waals surface area contributed by atoms with Gasteiger partial charge in [0.05, 0.1) is 10.0 Å². The zero-order valence-electron chi connectivity index (χ0n) is 11.7. The molecular weight excluding hydrogens is 291 g/mol. The summed E-state index contributed by atoms with van der Waals surface area (Å²) in [5, 5.41) is 8.62. The van der Waals surface area contributed by atoms with Gasteiger partial charge in [0.15, 0.2) is 0 Å². The number of halogens is 2. The lowest BCUT2D eigenvalue weighted by molar-refractivity contribution is 0.263. The van der Waals surface area contributed by atoms with E-state index < -0.39 is 0 Å². The van der Waals surface area contributed by atoms with Gasteiger partial charge in [0, 0.05) is 17.8 Å². The number of nitrogens with one attached hydrogen (secondary N) is 2. The fourth-order valence-electron chi connectivity index (χ4n) is 3.70. The molecule has 2 nitrogen and oxygen atoms in total. The molecular formula is C16H22Cl2N2. The average molecular weight is 313 g/mol. The lowest BCUT2D eigenvalue weighted by Crippen LogP contribution is -2.43. The van der Waals surface area contributed by atoms with Gasteiger partial charge in [0.2, 0.25) is 0 Å². The van der Waals surface area contributed by atoms with Crippen LogP contribution in [0.3, 0.4) is 0 Å². The number of benzene rings is 1. The predicted molar refractivity (Wildman–Crippen MR) is 86.9 cm³/mol. The van der Waals surface area contributed by atoms with Gasteiger partial charge in [-0.05, 0) is 56.3 Å². The Balaban J connectivity index is 1.71. The predicted octanol–water partition coefficient (Wildman–Crippen LogP) is 4.72. The molecule has 0 spiro atoms. The van der Waals surface area contributed by atoms with Crippen molar-refractivity contribution in [3.8, 4) is 0 Å². The summed E-state index contributed by atoms with van der Waals surface area (Å²) in [5.74, 6) is 0.737. The Morgan fingerprint density at radius 3 is 2.60 bits per heavy atom. The lowest BCUT2D eigenvalue weighted by Gasteiger charge is -2.36. The fourth-order valence-corrected chi connectivity index (χ4v) is 4.00. The van der Waals surface area contributed by atoms with Gasteiger partial charge in [-0.1, -0.05) is 36.0 Å². The summed E-state index contributed by atoms with van der Waals surface area (Å²) in [6.07, 6.45) is 7.91. The maximum atomic E-state index is 6.11. The standard InChI is InChI=1S/C16H22Cl2N2/c17-13-8-7-11(10-14(13)18)20-16-5-2-1-4-12(16)15-6-3-9-19-15/h7-8,10,12,15-16,19-20H,1-6,9H2. The molecule has 2 fully saturated rings. The molecule has 1 saturated heterocycles. The van der Waals surface area contributed by atoms with Gasteiger partial charge in [-0.25, -0.2) is 0 Å². The summed E-state index contributed by atoms with van der Waals surface area (Å²) in [5.41, 5.74) is 1.09. The second kappa shape index (κ2) is 6.55. The lowest BCUT2D eigenvalue weighted by atomic mass is 9.79. The van der Waals surface area contributed by atoms with Crippen molar-refractivity contribution in [2.75, 3.05) is 11.9 Å². The second-order valence-electron chi connectivity index (χ2n) is 6.03. The van der Waals surface area contributed by atoms with Crippen molar-refractivity contribution in [3.05, 3.63) is 28.2 Å². The molecule has 1 saturated carbocycles. The molecule has 2 N–H and O–H groups in total. The van der Waals surface area contributed by atoms with E-state index in [0.717, 1.165) is 11.6 Å². The largest absolute Gasteiger partial charge is 0.382 e.